The number of hydrogen-bond acceptors (Lipinski definition) is 2. The van der Waals surface area contributed by atoms with Crippen LogP contribution in [0.15, 0.2) is 70.6 Å². The van der Waals surface area contributed by atoms with Crippen molar-refractivity contribution in [3.63, 3.8) is 0 Å². The standard InChI is InChI=1S/C19H18N2S/c1-14-12-16(13-20-18-10-6-7-11-19(18)22)15(2)21(14)17-8-4-3-5-9-17/h3-13,22H,1-2H3. The molecule has 0 saturated heterocycles. The van der Waals surface area contributed by atoms with Gasteiger partial charge in [-0.05, 0) is 44.2 Å². The highest BCUT2D eigenvalue weighted by Gasteiger charge is 2.08. The predicted molar refractivity (Wildman–Crippen MR) is 96.2 cm³/mol. The Kier molecular flexibility index (Phi) is 4.16. The van der Waals surface area contributed by atoms with Gasteiger partial charge in [0.05, 0.1) is 5.69 Å². The Bertz CT molecular complexity index is 817. The van der Waals surface area contributed by atoms with Gasteiger partial charge in [-0.25, -0.2) is 0 Å². The molecule has 2 nitrogen and oxygen atoms in total. The number of hydrogen-bond donors (Lipinski definition) is 1. The summed E-state index contributed by atoms with van der Waals surface area (Å²) >= 11 is 4.43. The molecule has 0 spiro atoms. The first-order valence-electron chi connectivity index (χ1n) is 7.23. The Morgan fingerprint density at radius 1 is 0.955 bits per heavy atom. The number of para-hydroxylation sites is 2. The number of aromatic nitrogens is 1. The van der Waals surface area contributed by atoms with E-state index in [0.717, 1.165) is 16.1 Å². The zero-order valence-electron chi connectivity index (χ0n) is 12.7. The fraction of sp³-hybridized carbons (Fsp3) is 0.105. The minimum atomic E-state index is 0.885. The van der Waals surface area contributed by atoms with E-state index in [4.69, 9.17) is 0 Å². The van der Waals surface area contributed by atoms with E-state index in [2.05, 4.69) is 66.4 Å². The van der Waals surface area contributed by atoms with Crippen LogP contribution in [0.1, 0.15) is 17.0 Å². The maximum absolute atomic E-state index is 4.57. The average Bonchev–Trinajstić information content (AvgIpc) is 2.81. The van der Waals surface area contributed by atoms with Crippen LogP contribution in [0.25, 0.3) is 5.69 Å². The van der Waals surface area contributed by atoms with Gasteiger partial charge in [-0.2, -0.15) is 0 Å². The summed E-state index contributed by atoms with van der Waals surface area (Å²) in [5.41, 5.74) is 5.56. The van der Waals surface area contributed by atoms with Crippen molar-refractivity contribution in [2.75, 3.05) is 0 Å². The van der Waals surface area contributed by atoms with E-state index in [-0.39, 0.29) is 0 Å². The third kappa shape index (κ3) is 2.85. The normalized spacial score (nSPS) is 11.2. The summed E-state index contributed by atoms with van der Waals surface area (Å²) in [5.74, 6) is 0. The Labute approximate surface area is 136 Å². The van der Waals surface area contributed by atoms with Crippen LogP contribution in [-0.2, 0) is 0 Å². The van der Waals surface area contributed by atoms with Crippen LogP contribution >= 0.6 is 12.6 Å². The smallest absolute Gasteiger partial charge is 0.0763 e. The van der Waals surface area contributed by atoms with Crippen molar-refractivity contribution >= 4 is 24.5 Å². The third-order valence-corrected chi connectivity index (χ3v) is 4.09. The van der Waals surface area contributed by atoms with Crippen molar-refractivity contribution in [3.8, 4) is 5.69 Å². The molecule has 0 aliphatic heterocycles. The van der Waals surface area contributed by atoms with E-state index >= 15 is 0 Å². The Hall–Kier alpha value is -2.26. The molecule has 0 radical (unpaired) electrons. The van der Waals surface area contributed by atoms with Gasteiger partial charge < -0.3 is 4.57 Å². The third-order valence-electron chi connectivity index (χ3n) is 3.71. The van der Waals surface area contributed by atoms with Gasteiger partial charge in [0.1, 0.15) is 0 Å². The molecule has 3 heteroatoms. The summed E-state index contributed by atoms with van der Waals surface area (Å²) in [7, 11) is 0. The van der Waals surface area contributed by atoms with E-state index in [1.807, 2.05) is 36.5 Å². The van der Waals surface area contributed by atoms with Gasteiger partial charge >= 0.3 is 0 Å². The first-order chi connectivity index (χ1) is 10.7. The van der Waals surface area contributed by atoms with Gasteiger partial charge in [0.15, 0.2) is 0 Å². The molecule has 0 aliphatic rings. The van der Waals surface area contributed by atoms with Gasteiger partial charge in [0, 0.05) is 33.7 Å². The van der Waals surface area contributed by atoms with Crippen molar-refractivity contribution in [3.05, 3.63) is 77.6 Å². The van der Waals surface area contributed by atoms with Gasteiger partial charge in [0.25, 0.3) is 0 Å². The second-order valence-corrected chi connectivity index (χ2v) is 5.73. The molecule has 0 bridgehead atoms. The quantitative estimate of drug-likeness (QED) is 0.510. The van der Waals surface area contributed by atoms with E-state index in [1.54, 1.807) is 0 Å². The molecule has 0 aliphatic carbocycles. The minimum absolute atomic E-state index is 0.885. The lowest BCUT2D eigenvalue weighted by Crippen LogP contribution is -1.98. The minimum Gasteiger partial charge on any atom is -0.318 e. The summed E-state index contributed by atoms with van der Waals surface area (Å²) in [6.45, 7) is 4.23. The molecule has 0 N–H and O–H groups in total. The molecule has 1 aromatic heterocycles. The maximum atomic E-state index is 4.57. The topological polar surface area (TPSA) is 17.3 Å². The molecule has 0 unspecified atom stereocenters. The molecule has 0 amide bonds. The van der Waals surface area contributed by atoms with E-state index in [9.17, 15) is 0 Å². The molecule has 0 atom stereocenters. The predicted octanol–water partition coefficient (Wildman–Crippen LogP) is 5.13. The molecule has 0 saturated carbocycles. The van der Waals surface area contributed by atoms with Crippen molar-refractivity contribution in [1.29, 1.82) is 0 Å². The number of thiol groups is 1. The fourth-order valence-corrected chi connectivity index (χ4v) is 2.82. The first-order valence-corrected chi connectivity index (χ1v) is 7.68. The highest BCUT2D eigenvalue weighted by atomic mass is 32.1. The summed E-state index contributed by atoms with van der Waals surface area (Å²) < 4.78 is 2.24. The zero-order valence-corrected chi connectivity index (χ0v) is 13.6. The van der Waals surface area contributed by atoms with Gasteiger partial charge in [-0.1, -0.05) is 30.3 Å². The van der Waals surface area contributed by atoms with E-state index in [1.165, 1.54) is 17.1 Å². The van der Waals surface area contributed by atoms with Gasteiger partial charge in [-0.15, -0.1) is 12.6 Å². The van der Waals surface area contributed by atoms with Crippen molar-refractivity contribution < 1.29 is 0 Å². The first kappa shape index (κ1) is 14.7. The number of aliphatic imine (C=N–C) groups is 1. The average molecular weight is 306 g/mol. The van der Waals surface area contributed by atoms with Crippen LogP contribution in [0.4, 0.5) is 5.69 Å². The number of rotatable bonds is 3. The van der Waals surface area contributed by atoms with Crippen LogP contribution in [0, 0.1) is 13.8 Å². The van der Waals surface area contributed by atoms with Crippen molar-refractivity contribution in [2.24, 2.45) is 4.99 Å². The molecular weight excluding hydrogens is 288 g/mol. The van der Waals surface area contributed by atoms with Crippen LogP contribution in [0.5, 0.6) is 0 Å². The lowest BCUT2D eigenvalue weighted by Gasteiger charge is -2.09. The number of nitrogens with zero attached hydrogens (tertiary/aromatic N) is 2. The van der Waals surface area contributed by atoms with E-state index < -0.39 is 0 Å². The summed E-state index contributed by atoms with van der Waals surface area (Å²) in [6, 6.07) is 20.4. The Balaban J connectivity index is 1.99. The highest BCUT2D eigenvalue weighted by molar-refractivity contribution is 7.80. The highest BCUT2D eigenvalue weighted by Crippen LogP contribution is 2.23. The van der Waals surface area contributed by atoms with Crippen LogP contribution < -0.4 is 0 Å². The molecular formula is C19H18N2S. The number of aryl methyl sites for hydroxylation is 1. The molecule has 3 aromatic rings. The Morgan fingerprint density at radius 3 is 2.36 bits per heavy atom. The molecule has 2 aromatic carbocycles. The van der Waals surface area contributed by atoms with Gasteiger partial charge in [0.2, 0.25) is 0 Å². The Morgan fingerprint density at radius 2 is 1.64 bits per heavy atom. The lowest BCUT2D eigenvalue weighted by atomic mass is 10.2. The molecule has 3 rings (SSSR count). The van der Waals surface area contributed by atoms with Crippen LogP contribution in [0.3, 0.4) is 0 Å². The van der Waals surface area contributed by atoms with Crippen molar-refractivity contribution in [1.82, 2.24) is 4.57 Å². The molecule has 0 fully saturated rings. The van der Waals surface area contributed by atoms with E-state index in [0.29, 0.717) is 0 Å². The SMILES string of the molecule is Cc1cc(C=Nc2ccccc2S)c(C)n1-c1ccccc1. The summed E-state index contributed by atoms with van der Waals surface area (Å²) in [6.07, 6.45) is 1.91. The largest absolute Gasteiger partial charge is 0.318 e. The monoisotopic (exact) mass is 306 g/mol. The summed E-state index contributed by atoms with van der Waals surface area (Å²) in [5, 5.41) is 0. The van der Waals surface area contributed by atoms with Gasteiger partial charge in [-0.3, -0.25) is 4.99 Å². The molecule has 1 heterocycles. The maximum Gasteiger partial charge on any atom is 0.0763 e. The number of benzene rings is 2. The zero-order chi connectivity index (χ0) is 15.5. The second kappa shape index (κ2) is 6.24. The van der Waals surface area contributed by atoms with Crippen molar-refractivity contribution in [2.45, 2.75) is 18.7 Å². The fourth-order valence-electron chi connectivity index (χ4n) is 2.61. The van der Waals surface area contributed by atoms with Crippen LogP contribution in [-0.4, -0.2) is 10.8 Å². The van der Waals surface area contributed by atoms with Crippen LogP contribution in [0.2, 0.25) is 0 Å². The second-order valence-electron chi connectivity index (χ2n) is 5.24. The molecule has 22 heavy (non-hydrogen) atoms. The summed E-state index contributed by atoms with van der Waals surface area (Å²) in [4.78, 5) is 5.46. The lowest BCUT2D eigenvalue weighted by molar-refractivity contribution is 0.965. The molecule has 110 valence electrons.